The van der Waals surface area contributed by atoms with Crippen LogP contribution in [0.2, 0.25) is 0 Å². The van der Waals surface area contributed by atoms with Gasteiger partial charge in [0.2, 0.25) is 0 Å². The van der Waals surface area contributed by atoms with Gasteiger partial charge >= 0.3 is 0 Å². The van der Waals surface area contributed by atoms with Crippen LogP contribution in [0.4, 0.5) is 5.69 Å². The summed E-state index contributed by atoms with van der Waals surface area (Å²) in [5.41, 5.74) is 2.88. The number of carbonyl (C=O) groups excluding carboxylic acids is 1. The number of H-pyrrole nitrogens is 1. The molecule has 1 aromatic heterocycles. The number of aromatic nitrogens is 1. The normalized spacial score (nSPS) is 12.1. The number of non-ortho nitro benzene ring substituents is 1. The van der Waals surface area contributed by atoms with Crippen molar-refractivity contribution in [2.24, 2.45) is 0 Å². The second-order valence-electron chi connectivity index (χ2n) is 6.52. The standard InChI is InChI=1S/C20H21N3O5/c24-9-1-2-17(25)12-21-20(26)19-11-15-4-3-14(10-18(15)22-19)13-5-7-16(8-6-13)23(27)28/h3-8,10-11,17,22,24-25H,1-2,9,12H2,(H,21,26). The number of nitrogens with zero attached hydrogens (tertiary/aromatic N) is 1. The number of fused-ring (bicyclic) bond motifs is 1. The first-order valence-corrected chi connectivity index (χ1v) is 8.92. The summed E-state index contributed by atoms with van der Waals surface area (Å²) < 4.78 is 0. The van der Waals surface area contributed by atoms with Crippen LogP contribution in [0.15, 0.2) is 48.5 Å². The summed E-state index contributed by atoms with van der Waals surface area (Å²) in [6.45, 7) is 0.117. The van der Waals surface area contributed by atoms with Crippen molar-refractivity contribution in [2.45, 2.75) is 18.9 Å². The van der Waals surface area contributed by atoms with Crippen LogP contribution >= 0.6 is 0 Å². The van der Waals surface area contributed by atoms with E-state index in [2.05, 4.69) is 10.3 Å². The first kappa shape index (κ1) is 19.5. The Morgan fingerprint density at radius 3 is 2.54 bits per heavy atom. The lowest BCUT2D eigenvalue weighted by atomic mass is 10.0. The van der Waals surface area contributed by atoms with Crippen LogP contribution in [0.1, 0.15) is 23.3 Å². The zero-order valence-corrected chi connectivity index (χ0v) is 15.1. The lowest BCUT2D eigenvalue weighted by molar-refractivity contribution is -0.384. The number of nitrogens with one attached hydrogen (secondary N) is 2. The molecule has 1 atom stereocenters. The number of nitro groups is 1. The van der Waals surface area contributed by atoms with E-state index >= 15 is 0 Å². The molecule has 8 heteroatoms. The number of aliphatic hydroxyl groups excluding tert-OH is 2. The monoisotopic (exact) mass is 383 g/mol. The highest BCUT2D eigenvalue weighted by Gasteiger charge is 2.12. The van der Waals surface area contributed by atoms with E-state index in [9.17, 15) is 20.0 Å². The van der Waals surface area contributed by atoms with Crippen LogP contribution < -0.4 is 5.32 Å². The van der Waals surface area contributed by atoms with Gasteiger partial charge in [-0.15, -0.1) is 0 Å². The van der Waals surface area contributed by atoms with Crippen molar-refractivity contribution in [1.82, 2.24) is 10.3 Å². The van der Waals surface area contributed by atoms with Crippen molar-refractivity contribution in [2.75, 3.05) is 13.2 Å². The predicted octanol–water partition coefficient (Wildman–Crippen LogP) is 2.61. The van der Waals surface area contributed by atoms with Crippen molar-refractivity contribution >= 4 is 22.5 Å². The first-order chi connectivity index (χ1) is 13.5. The third-order valence-electron chi connectivity index (χ3n) is 4.47. The Morgan fingerprint density at radius 2 is 1.86 bits per heavy atom. The lowest BCUT2D eigenvalue weighted by Crippen LogP contribution is -2.32. The average Bonchev–Trinajstić information content (AvgIpc) is 3.14. The third kappa shape index (κ3) is 4.54. The van der Waals surface area contributed by atoms with Crippen LogP contribution in [0.5, 0.6) is 0 Å². The molecule has 1 heterocycles. The third-order valence-corrected chi connectivity index (χ3v) is 4.47. The molecule has 0 bridgehead atoms. The van der Waals surface area contributed by atoms with E-state index in [0.29, 0.717) is 18.5 Å². The van der Waals surface area contributed by atoms with Gasteiger partial charge < -0.3 is 20.5 Å². The molecular formula is C20H21N3O5. The Bertz CT molecular complexity index is 981. The molecule has 0 saturated heterocycles. The van der Waals surface area contributed by atoms with Crippen LogP contribution in [-0.4, -0.2) is 45.3 Å². The molecular weight excluding hydrogens is 362 g/mol. The fourth-order valence-electron chi connectivity index (χ4n) is 2.94. The van der Waals surface area contributed by atoms with Crippen LogP contribution in [0.3, 0.4) is 0 Å². The lowest BCUT2D eigenvalue weighted by Gasteiger charge is -2.10. The summed E-state index contributed by atoms with van der Waals surface area (Å²) in [7, 11) is 0. The predicted molar refractivity (Wildman–Crippen MR) is 105 cm³/mol. The van der Waals surface area contributed by atoms with Crippen molar-refractivity contribution in [1.29, 1.82) is 0 Å². The molecule has 0 saturated carbocycles. The Morgan fingerprint density at radius 1 is 1.14 bits per heavy atom. The molecule has 2 aromatic carbocycles. The maximum Gasteiger partial charge on any atom is 0.269 e. The van der Waals surface area contributed by atoms with Crippen molar-refractivity contribution in [3.8, 4) is 11.1 Å². The van der Waals surface area contributed by atoms with Gasteiger partial charge in [-0.05, 0) is 48.2 Å². The van der Waals surface area contributed by atoms with E-state index in [-0.39, 0.29) is 24.7 Å². The first-order valence-electron chi connectivity index (χ1n) is 8.92. The highest BCUT2D eigenvalue weighted by Crippen LogP contribution is 2.26. The summed E-state index contributed by atoms with van der Waals surface area (Å²) in [4.78, 5) is 25.7. The summed E-state index contributed by atoms with van der Waals surface area (Å²) in [6, 6.07) is 13.6. The van der Waals surface area contributed by atoms with Crippen molar-refractivity contribution < 1.29 is 19.9 Å². The number of aliphatic hydroxyl groups is 2. The van der Waals surface area contributed by atoms with Crippen molar-refractivity contribution in [3.63, 3.8) is 0 Å². The number of hydrogen-bond donors (Lipinski definition) is 4. The van der Waals surface area contributed by atoms with Crippen LogP contribution in [0, 0.1) is 10.1 Å². The molecule has 0 radical (unpaired) electrons. The molecule has 1 unspecified atom stereocenters. The fourth-order valence-corrected chi connectivity index (χ4v) is 2.94. The molecule has 0 aliphatic carbocycles. The Hall–Kier alpha value is -3.23. The van der Waals surface area contributed by atoms with Crippen LogP contribution in [0.25, 0.3) is 22.0 Å². The van der Waals surface area contributed by atoms with Crippen molar-refractivity contribution in [3.05, 3.63) is 64.3 Å². The molecule has 1 amide bonds. The molecule has 3 rings (SSSR count). The topological polar surface area (TPSA) is 128 Å². The van der Waals surface area contributed by atoms with Gasteiger partial charge in [0.15, 0.2) is 0 Å². The van der Waals surface area contributed by atoms with Gasteiger partial charge in [0.25, 0.3) is 11.6 Å². The van der Waals surface area contributed by atoms with E-state index in [0.717, 1.165) is 22.0 Å². The molecule has 0 aliphatic rings. The largest absolute Gasteiger partial charge is 0.396 e. The van der Waals surface area contributed by atoms with E-state index < -0.39 is 11.0 Å². The maximum atomic E-state index is 12.3. The Kier molecular flexibility index (Phi) is 6.03. The van der Waals surface area contributed by atoms with Gasteiger partial charge in [0.1, 0.15) is 5.69 Å². The number of rotatable bonds is 8. The molecule has 28 heavy (non-hydrogen) atoms. The van der Waals surface area contributed by atoms with Gasteiger partial charge in [-0.3, -0.25) is 14.9 Å². The smallest absolute Gasteiger partial charge is 0.269 e. The number of amides is 1. The van der Waals surface area contributed by atoms with Crippen LogP contribution in [-0.2, 0) is 0 Å². The minimum absolute atomic E-state index is 0.00409. The Labute approximate surface area is 161 Å². The number of benzene rings is 2. The molecule has 0 aliphatic heterocycles. The molecule has 146 valence electrons. The van der Waals surface area contributed by atoms with E-state index in [4.69, 9.17) is 5.11 Å². The Balaban J connectivity index is 1.73. The number of aromatic amines is 1. The summed E-state index contributed by atoms with van der Waals surface area (Å²) in [6.07, 6.45) is 0.200. The van der Waals surface area contributed by atoms with Gasteiger partial charge in [0.05, 0.1) is 11.0 Å². The van der Waals surface area contributed by atoms with Gasteiger partial charge in [-0.2, -0.15) is 0 Å². The minimum Gasteiger partial charge on any atom is -0.396 e. The van der Waals surface area contributed by atoms with Gasteiger partial charge in [-0.25, -0.2) is 0 Å². The molecule has 3 aromatic rings. The maximum absolute atomic E-state index is 12.3. The fraction of sp³-hybridized carbons (Fsp3) is 0.250. The zero-order valence-electron chi connectivity index (χ0n) is 15.1. The molecule has 0 spiro atoms. The second kappa shape index (κ2) is 8.64. The molecule has 4 N–H and O–H groups in total. The summed E-state index contributed by atoms with van der Waals surface area (Å²) in [5.74, 6) is -0.323. The quantitative estimate of drug-likeness (QED) is 0.351. The van der Waals surface area contributed by atoms with E-state index in [1.54, 1.807) is 18.2 Å². The molecule has 8 nitrogen and oxygen atoms in total. The second-order valence-corrected chi connectivity index (χ2v) is 6.52. The highest BCUT2D eigenvalue weighted by molar-refractivity contribution is 5.98. The van der Waals surface area contributed by atoms with E-state index in [1.807, 2.05) is 18.2 Å². The van der Waals surface area contributed by atoms with Gasteiger partial charge in [0, 0.05) is 36.2 Å². The van der Waals surface area contributed by atoms with E-state index in [1.165, 1.54) is 12.1 Å². The highest BCUT2D eigenvalue weighted by atomic mass is 16.6. The number of nitro benzene ring substituents is 1. The molecule has 0 fully saturated rings. The average molecular weight is 383 g/mol. The summed E-state index contributed by atoms with van der Waals surface area (Å²) >= 11 is 0. The zero-order chi connectivity index (χ0) is 20.1. The SMILES string of the molecule is O=C(NCC(O)CCCO)c1cc2ccc(-c3ccc([N+](=O)[O-])cc3)cc2[nH]1. The van der Waals surface area contributed by atoms with Gasteiger partial charge in [-0.1, -0.05) is 12.1 Å². The minimum atomic E-state index is -0.700. The number of carbonyl (C=O) groups is 1. The summed E-state index contributed by atoms with van der Waals surface area (Å²) in [5, 5.41) is 32.8. The number of hydrogen-bond acceptors (Lipinski definition) is 5.